The second kappa shape index (κ2) is 5.57. The lowest BCUT2D eigenvalue weighted by Gasteiger charge is -2.09. The maximum atomic E-state index is 12.2. The van der Waals surface area contributed by atoms with Gasteiger partial charge in [-0.1, -0.05) is 0 Å². The van der Waals surface area contributed by atoms with Gasteiger partial charge in [-0.05, 0) is 19.1 Å². The van der Waals surface area contributed by atoms with Gasteiger partial charge in [0.15, 0.2) is 5.03 Å². The summed E-state index contributed by atoms with van der Waals surface area (Å²) in [7, 11) is -1.97. The molecule has 0 atom stereocenters. The van der Waals surface area contributed by atoms with Crippen LogP contribution in [0.15, 0.2) is 29.6 Å². The number of anilines is 1. The molecular formula is C11H16N6O2S. The molecular weight excluding hydrogens is 280 g/mol. The van der Waals surface area contributed by atoms with E-state index >= 15 is 0 Å². The van der Waals surface area contributed by atoms with E-state index < -0.39 is 10.0 Å². The Hall–Kier alpha value is -1.97. The Kier molecular flexibility index (Phi) is 4.02. The third kappa shape index (κ3) is 2.95. The van der Waals surface area contributed by atoms with Crippen molar-refractivity contribution in [2.75, 3.05) is 5.43 Å². The minimum absolute atomic E-state index is 0.135. The van der Waals surface area contributed by atoms with Gasteiger partial charge in [0.1, 0.15) is 0 Å². The van der Waals surface area contributed by atoms with Gasteiger partial charge in [0.05, 0.1) is 11.4 Å². The van der Waals surface area contributed by atoms with E-state index in [1.165, 1.54) is 12.3 Å². The third-order valence-corrected chi connectivity index (χ3v) is 4.11. The Bertz CT molecular complexity index is 709. The fraction of sp³-hybridized carbons (Fsp3) is 0.273. The summed E-state index contributed by atoms with van der Waals surface area (Å²) in [6, 6.07) is 3.14. The van der Waals surface area contributed by atoms with Crippen LogP contribution in [0.5, 0.6) is 0 Å². The van der Waals surface area contributed by atoms with Crippen molar-refractivity contribution in [1.82, 2.24) is 19.5 Å². The summed E-state index contributed by atoms with van der Waals surface area (Å²) in [5.41, 5.74) is 4.13. The van der Waals surface area contributed by atoms with Crippen molar-refractivity contribution in [3.05, 3.63) is 35.8 Å². The summed E-state index contributed by atoms with van der Waals surface area (Å²) in [5.74, 6) is 5.29. The first-order valence-corrected chi connectivity index (χ1v) is 7.33. The lowest BCUT2D eigenvalue weighted by atomic mass is 10.3. The van der Waals surface area contributed by atoms with Gasteiger partial charge in [0.2, 0.25) is 0 Å². The van der Waals surface area contributed by atoms with Crippen LogP contribution in [-0.2, 0) is 23.6 Å². The van der Waals surface area contributed by atoms with Crippen molar-refractivity contribution in [3.63, 3.8) is 0 Å². The van der Waals surface area contributed by atoms with Gasteiger partial charge in [-0.15, -0.1) is 0 Å². The first-order chi connectivity index (χ1) is 9.44. The molecule has 0 bridgehead atoms. The molecule has 108 valence electrons. The van der Waals surface area contributed by atoms with E-state index in [1.54, 1.807) is 24.0 Å². The highest BCUT2D eigenvalue weighted by Crippen LogP contribution is 2.17. The van der Waals surface area contributed by atoms with Crippen LogP contribution in [0, 0.1) is 6.92 Å². The van der Waals surface area contributed by atoms with Crippen LogP contribution < -0.4 is 16.0 Å². The normalized spacial score (nSPS) is 11.6. The second-order valence-corrected chi connectivity index (χ2v) is 5.92. The van der Waals surface area contributed by atoms with Crippen LogP contribution in [0.25, 0.3) is 0 Å². The van der Waals surface area contributed by atoms with E-state index in [0.717, 1.165) is 11.3 Å². The quantitative estimate of drug-likeness (QED) is 0.524. The monoisotopic (exact) mass is 296 g/mol. The average Bonchev–Trinajstić information content (AvgIpc) is 2.75. The lowest BCUT2D eigenvalue weighted by molar-refractivity contribution is 0.577. The summed E-state index contributed by atoms with van der Waals surface area (Å²) in [6.45, 7) is 1.96. The topological polar surface area (TPSA) is 115 Å². The maximum Gasteiger partial charge on any atom is 0.260 e. The molecule has 0 aliphatic heterocycles. The molecule has 0 radical (unpaired) electrons. The number of nitrogens with one attached hydrogen (secondary N) is 2. The van der Waals surface area contributed by atoms with Crippen LogP contribution in [0.4, 0.5) is 5.69 Å². The van der Waals surface area contributed by atoms with Crippen molar-refractivity contribution in [3.8, 4) is 0 Å². The Morgan fingerprint density at radius 1 is 1.45 bits per heavy atom. The number of aryl methyl sites for hydroxylation is 2. The van der Waals surface area contributed by atoms with Gasteiger partial charge >= 0.3 is 0 Å². The highest BCUT2D eigenvalue weighted by molar-refractivity contribution is 7.89. The highest BCUT2D eigenvalue weighted by Gasteiger charge is 2.20. The van der Waals surface area contributed by atoms with Crippen molar-refractivity contribution in [1.29, 1.82) is 0 Å². The van der Waals surface area contributed by atoms with Gasteiger partial charge in [-0.3, -0.25) is 10.5 Å². The van der Waals surface area contributed by atoms with Crippen molar-refractivity contribution in [2.24, 2.45) is 12.9 Å². The number of hydrazine groups is 1. The summed E-state index contributed by atoms with van der Waals surface area (Å²) in [4.78, 5) is 3.85. The molecule has 4 N–H and O–H groups in total. The number of nitrogens with zero attached hydrogens (tertiary/aromatic N) is 3. The Morgan fingerprint density at radius 2 is 2.20 bits per heavy atom. The molecule has 0 aromatic carbocycles. The van der Waals surface area contributed by atoms with Crippen LogP contribution in [0.3, 0.4) is 0 Å². The number of hydrogen-bond donors (Lipinski definition) is 3. The molecule has 0 spiro atoms. The molecule has 2 heterocycles. The molecule has 0 aliphatic carbocycles. The maximum absolute atomic E-state index is 12.2. The zero-order chi connectivity index (χ0) is 14.8. The van der Waals surface area contributed by atoms with E-state index in [9.17, 15) is 8.42 Å². The van der Waals surface area contributed by atoms with Gasteiger partial charge in [0.25, 0.3) is 10.0 Å². The first kappa shape index (κ1) is 14.4. The summed E-state index contributed by atoms with van der Waals surface area (Å²) in [5, 5.41) is 4.02. The van der Waals surface area contributed by atoms with Gasteiger partial charge < -0.3 is 5.43 Å². The largest absolute Gasteiger partial charge is 0.321 e. The zero-order valence-electron chi connectivity index (χ0n) is 11.2. The third-order valence-electron chi connectivity index (χ3n) is 2.75. The fourth-order valence-electron chi connectivity index (χ4n) is 1.78. The number of sulfonamides is 1. The molecule has 2 rings (SSSR count). The Morgan fingerprint density at radius 3 is 2.80 bits per heavy atom. The van der Waals surface area contributed by atoms with E-state index in [2.05, 4.69) is 20.2 Å². The predicted octanol–water partition coefficient (Wildman–Crippen LogP) is -0.112. The van der Waals surface area contributed by atoms with Crippen molar-refractivity contribution < 1.29 is 8.42 Å². The minimum atomic E-state index is -3.75. The first-order valence-electron chi connectivity index (χ1n) is 5.84. The minimum Gasteiger partial charge on any atom is -0.321 e. The molecule has 8 nitrogen and oxygen atoms in total. The molecule has 20 heavy (non-hydrogen) atoms. The average molecular weight is 296 g/mol. The van der Waals surface area contributed by atoms with Crippen molar-refractivity contribution >= 4 is 15.7 Å². The lowest BCUT2D eigenvalue weighted by Crippen LogP contribution is -2.26. The SMILES string of the molecule is Cc1nn(C)cc1CNS(=O)(=O)c1ncccc1NN. The van der Waals surface area contributed by atoms with E-state index in [4.69, 9.17) is 5.84 Å². The van der Waals surface area contributed by atoms with Crippen LogP contribution in [0.2, 0.25) is 0 Å². The molecule has 0 amide bonds. The smallest absolute Gasteiger partial charge is 0.260 e. The molecule has 2 aromatic heterocycles. The molecule has 9 heteroatoms. The molecule has 0 fully saturated rings. The van der Waals surface area contributed by atoms with Crippen LogP contribution in [0.1, 0.15) is 11.3 Å². The van der Waals surface area contributed by atoms with E-state index in [1.807, 2.05) is 6.92 Å². The van der Waals surface area contributed by atoms with Gasteiger partial charge in [0, 0.05) is 31.5 Å². The fourth-order valence-corrected chi connectivity index (χ4v) is 2.88. The molecule has 0 saturated carbocycles. The van der Waals surface area contributed by atoms with E-state index in [-0.39, 0.29) is 17.3 Å². The van der Waals surface area contributed by atoms with Crippen LogP contribution >= 0.6 is 0 Å². The predicted molar refractivity (Wildman–Crippen MR) is 74.0 cm³/mol. The highest BCUT2D eigenvalue weighted by atomic mass is 32.2. The number of aromatic nitrogens is 3. The van der Waals surface area contributed by atoms with Crippen LogP contribution in [-0.4, -0.2) is 23.2 Å². The Balaban J connectivity index is 2.21. The standard InChI is InChI=1S/C11H16N6O2S/c1-8-9(7-17(2)16-8)6-14-20(18,19)11-10(15-12)4-3-5-13-11/h3-5,7,14-15H,6,12H2,1-2H3. The number of rotatable bonds is 5. The van der Waals surface area contributed by atoms with Gasteiger partial charge in [-0.25, -0.2) is 18.1 Å². The molecule has 0 aliphatic rings. The second-order valence-electron chi connectivity index (χ2n) is 4.24. The summed E-state index contributed by atoms with van der Waals surface area (Å²) >= 11 is 0. The number of pyridine rings is 1. The molecule has 2 aromatic rings. The number of nitrogen functional groups attached to an aromatic ring is 1. The zero-order valence-corrected chi connectivity index (χ0v) is 12.0. The summed E-state index contributed by atoms with van der Waals surface area (Å²) < 4.78 is 28.5. The van der Waals surface area contributed by atoms with E-state index in [0.29, 0.717) is 0 Å². The van der Waals surface area contributed by atoms with Gasteiger partial charge in [-0.2, -0.15) is 5.10 Å². The number of hydrogen-bond acceptors (Lipinski definition) is 6. The molecule has 0 unspecified atom stereocenters. The Labute approximate surface area is 117 Å². The number of nitrogens with two attached hydrogens (primary N) is 1. The van der Waals surface area contributed by atoms with Crippen molar-refractivity contribution in [2.45, 2.75) is 18.5 Å². The summed E-state index contributed by atoms with van der Waals surface area (Å²) in [6.07, 6.45) is 3.16. The molecule has 0 saturated heterocycles.